The number of hydrogen-bond acceptors (Lipinski definition) is 6. The van der Waals surface area contributed by atoms with Gasteiger partial charge in [0.15, 0.2) is 0 Å². The summed E-state index contributed by atoms with van der Waals surface area (Å²) < 4.78 is 21.8. The Morgan fingerprint density at radius 1 is 1.07 bits per heavy atom. The maximum absolute atomic E-state index is 12.5. The van der Waals surface area contributed by atoms with Crippen LogP contribution in [0.1, 0.15) is 47.4 Å². The summed E-state index contributed by atoms with van der Waals surface area (Å²) >= 11 is 0. The Bertz CT molecular complexity index is 806. The average molecular weight is 384 g/mol. The van der Waals surface area contributed by atoms with Crippen molar-refractivity contribution in [1.29, 1.82) is 0 Å². The van der Waals surface area contributed by atoms with Crippen molar-refractivity contribution >= 4 is 11.9 Å². The van der Waals surface area contributed by atoms with Crippen LogP contribution in [-0.4, -0.2) is 37.4 Å². The van der Waals surface area contributed by atoms with E-state index in [1.165, 1.54) is 0 Å². The largest absolute Gasteiger partial charge is 0.490 e. The monoisotopic (exact) mass is 384 g/mol. The number of esters is 2. The van der Waals surface area contributed by atoms with Crippen LogP contribution in [0.2, 0.25) is 0 Å². The predicted octanol–water partition coefficient (Wildman–Crippen LogP) is 4.03. The van der Waals surface area contributed by atoms with Crippen molar-refractivity contribution in [2.45, 2.75) is 38.9 Å². The molecule has 28 heavy (non-hydrogen) atoms. The van der Waals surface area contributed by atoms with Gasteiger partial charge in [0.05, 0.1) is 17.8 Å². The summed E-state index contributed by atoms with van der Waals surface area (Å²) in [7, 11) is 0. The highest BCUT2D eigenvalue weighted by Crippen LogP contribution is 2.22. The molecular weight excluding hydrogens is 360 g/mol. The molecule has 0 radical (unpaired) electrons. The van der Waals surface area contributed by atoms with Crippen LogP contribution in [0.3, 0.4) is 0 Å². The summed E-state index contributed by atoms with van der Waals surface area (Å²) in [6.07, 6.45) is 1.82. The third-order valence-corrected chi connectivity index (χ3v) is 4.19. The van der Waals surface area contributed by atoms with E-state index in [0.717, 1.165) is 12.8 Å². The number of carbonyl (C=O) groups excluding carboxylic acids is 2. The van der Waals surface area contributed by atoms with E-state index in [2.05, 4.69) is 0 Å². The van der Waals surface area contributed by atoms with Gasteiger partial charge < -0.3 is 18.9 Å². The van der Waals surface area contributed by atoms with Gasteiger partial charge in [-0.2, -0.15) is 0 Å². The van der Waals surface area contributed by atoms with E-state index in [1.807, 2.05) is 13.8 Å². The zero-order chi connectivity index (χ0) is 19.9. The van der Waals surface area contributed by atoms with Gasteiger partial charge in [-0.3, -0.25) is 0 Å². The van der Waals surface area contributed by atoms with Crippen molar-refractivity contribution in [1.82, 2.24) is 0 Å². The minimum Gasteiger partial charge on any atom is -0.490 e. The summed E-state index contributed by atoms with van der Waals surface area (Å²) in [5.74, 6) is -0.147. The zero-order valence-electron chi connectivity index (χ0n) is 16.1. The number of rotatable bonds is 7. The minimum atomic E-state index is -0.523. The molecule has 1 saturated heterocycles. The third kappa shape index (κ3) is 5.33. The van der Waals surface area contributed by atoms with Crippen molar-refractivity contribution in [3.05, 3.63) is 59.7 Å². The molecule has 0 bridgehead atoms. The summed E-state index contributed by atoms with van der Waals surface area (Å²) in [5.41, 5.74) is 0.734. The quantitative estimate of drug-likeness (QED) is 0.530. The molecule has 6 nitrogen and oxygen atoms in total. The number of para-hydroxylation sites is 1. The Balaban J connectivity index is 1.59. The maximum Gasteiger partial charge on any atom is 0.347 e. The number of ether oxygens (including phenoxy) is 4. The van der Waals surface area contributed by atoms with Crippen LogP contribution in [0.25, 0.3) is 0 Å². The molecule has 1 aliphatic rings. The molecule has 2 aromatic carbocycles. The first-order chi connectivity index (χ1) is 13.5. The summed E-state index contributed by atoms with van der Waals surface area (Å²) in [6, 6.07) is 13.2. The van der Waals surface area contributed by atoms with Crippen molar-refractivity contribution < 1.29 is 28.5 Å². The van der Waals surface area contributed by atoms with Crippen LogP contribution in [-0.2, 0) is 9.47 Å². The van der Waals surface area contributed by atoms with E-state index in [4.69, 9.17) is 18.9 Å². The lowest BCUT2D eigenvalue weighted by Gasteiger charge is -2.13. The maximum atomic E-state index is 12.5. The third-order valence-electron chi connectivity index (χ3n) is 4.19. The van der Waals surface area contributed by atoms with Crippen molar-refractivity contribution in [2.75, 3.05) is 13.2 Å². The smallest absolute Gasteiger partial charge is 0.347 e. The van der Waals surface area contributed by atoms with Gasteiger partial charge in [0.2, 0.25) is 0 Å². The summed E-state index contributed by atoms with van der Waals surface area (Å²) in [5, 5.41) is 0. The second kappa shape index (κ2) is 9.37. The van der Waals surface area contributed by atoms with Crippen molar-refractivity contribution in [3.8, 4) is 11.5 Å². The van der Waals surface area contributed by atoms with E-state index < -0.39 is 11.9 Å². The lowest BCUT2D eigenvalue weighted by Crippen LogP contribution is -2.17. The molecule has 0 aliphatic carbocycles. The van der Waals surface area contributed by atoms with Crippen LogP contribution >= 0.6 is 0 Å². The molecule has 6 heteroatoms. The van der Waals surface area contributed by atoms with E-state index in [1.54, 1.807) is 48.5 Å². The highest BCUT2D eigenvalue weighted by atomic mass is 16.6. The van der Waals surface area contributed by atoms with Gasteiger partial charge in [0.1, 0.15) is 23.7 Å². The van der Waals surface area contributed by atoms with Crippen LogP contribution in [0.15, 0.2) is 48.5 Å². The predicted molar refractivity (Wildman–Crippen MR) is 103 cm³/mol. The first kappa shape index (κ1) is 19.9. The fourth-order valence-corrected chi connectivity index (χ4v) is 2.84. The second-order valence-corrected chi connectivity index (χ2v) is 6.81. The SMILES string of the molecule is CC(C)Oc1ccccc1C(=O)Oc1ccc(C(=O)OCC2CCCO2)cc1. The topological polar surface area (TPSA) is 71.1 Å². The van der Waals surface area contributed by atoms with Crippen LogP contribution < -0.4 is 9.47 Å². The molecule has 0 saturated carbocycles. The Morgan fingerprint density at radius 3 is 2.50 bits per heavy atom. The Hall–Kier alpha value is -2.86. The van der Waals surface area contributed by atoms with Gasteiger partial charge in [0.25, 0.3) is 0 Å². The molecule has 0 N–H and O–H groups in total. The van der Waals surface area contributed by atoms with Gasteiger partial charge in [0, 0.05) is 6.61 Å². The van der Waals surface area contributed by atoms with Crippen LogP contribution in [0, 0.1) is 0 Å². The molecule has 3 rings (SSSR count). The Morgan fingerprint density at radius 2 is 1.82 bits per heavy atom. The molecular formula is C22H24O6. The number of benzene rings is 2. The van der Waals surface area contributed by atoms with E-state index >= 15 is 0 Å². The summed E-state index contributed by atoms with van der Waals surface area (Å²) in [4.78, 5) is 24.6. The van der Waals surface area contributed by atoms with E-state index in [9.17, 15) is 9.59 Å². The molecule has 1 unspecified atom stereocenters. The first-order valence-electron chi connectivity index (χ1n) is 9.39. The van der Waals surface area contributed by atoms with Gasteiger partial charge in [-0.25, -0.2) is 9.59 Å². The molecule has 1 aliphatic heterocycles. The van der Waals surface area contributed by atoms with Crippen LogP contribution in [0.4, 0.5) is 0 Å². The molecule has 1 heterocycles. The Labute approximate surface area is 164 Å². The summed E-state index contributed by atoms with van der Waals surface area (Å²) in [6.45, 7) is 4.74. The van der Waals surface area contributed by atoms with Crippen LogP contribution in [0.5, 0.6) is 11.5 Å². The average Bonchev–Trinajstić information content (AvgIpc) is 3.20. The standard InChI is InChI=1S/C22H24O6/c1-15(2)27-20-8-4-3-7-19(20)22(24)28-17-11-9-16(10-12-17)21(23)26-14-18-6-5-13-25-18/h3-4,7-12,15,18H,5-6,13-14H2,1-2H3. The highest BCUT2D eigenvalue weighted by molar-refractivity contribution is 5.94. The fraction of sp³-hybridized carbons (Fsp3) is 0.364. The van der Waals surface area contributed by atoms with Gasteiger partial charge in [-0.1, -0.05) is 12.1 Å². The van der Waals surface area contributed by atoms with E-state index in [0.29, 0.717) is 29.2 Å². The highest BCUT2D eigenvalue weighted by Gasteiger charge is 2.19. The zero-order valence-corrected chi connectivity index (χ0v) is 16.1. The molecule has 0 spiro atoms. The second-order valence-electron chi connectivity index (χ2n) is 6.81. The van der Waals surface area contributed by atoms with Crippen molar-refractivity contribution in [2.24, 2.45) is 0 Å². The van der Waals surface area contributed by atoms with Gasteiger partial charge in [-0.05, 0) is 63.1 Å². The number of carbonyl (C=O) groups is 2. The molecule has 1 fully saturated rings. The van der Waals surface area contributed by atoms with Gasteiger partial charge >= 0.3 is 11.9 Å². The van der Waals surface area contributed by atoms with E-state index in [-0.39, 0.29) is 18.8 Å². The lowest BCUT2D eigenvalue weighted by atomic mass is 10.2. The van der Waals surface area contributed by atoms with Crippen molar-refractivity contribution in [3.63, 3.8) is 0 Å². The number of hydrogen-bond donors (Lipinski definition) is 0. The molecule has 2 aromatic rings. The normalized spacial score (nSPS) is 16.0. The molecule has 1 atom stereocenters. The van der Waals surface area contributed by atoms with Gasteiger partial charge in [-0.15, -0.1) is 0 Å². The molecule has 0 aromatic heterocycles. The first-order valence-corrected chi connectivity index (χ1v) is 9.39. The fourth-order valence-electron chi connectivity index (χ4n) is 2.84. The Kier molecular flexibility index (Phi) is 6.66. The molecule has 148 valence electrons. The molecule has 0 amide bonds. The minimum absolute atomic E-state index is 0.0164. The lowest BCUT2D eigenvalue weighted by molar-refractivity contribution is 0.0161.